The lowest BCUT2D eigenvalue weighted by Crippen LogP contribution is -1.99. The maximum atomic E-state index is 10.5. The summed E-state index contributed by atoms with van der Waals surface area (Å²) in [4.78, 5) is 14.3. The van der Waals surface area contributed by atoms with Gasteiger partial charge in [0.15, 0.2) is 6.29 Å². The highest BCUT2D eigenvalue weighted by atomic mass is 16.5. The molecule has 0 spiro atoms. The van der Waals surface area contributed by atoms with Crippen LogP contribution in [0.2, 0.25) is 0 Å². The molecule has 0 saturated heterocycles. The van der Waals surface area contributed by atoms with E-state index in [1.54, 1.807) is 12.3 Å². The summed E-state index contributed by atoms with van der Waals surface area (Å²) in [5.41, 5.74) is 0.532. The van der Waals surface area contributed by atoms with Crippen LogP contribution in [0.4, 0.5) is 0 Å². The molecule has 3 nitrogen and oxygen atoms in total. The highest BCUT2D eigenvalue weighted by Gasteiger charge is 2.24. The number of hydrogen-bond acceptors (Lipinski definition) is 3. The van der Waals surface area contributed by atoms with Gasteiger partial charge in [-0.25, -0.2) is 0 Å². The van der Waals surface area contributed by atoms with Crippen LogP contribution < -0.4 is 4.74 Å². The van der Waals surface area contributed by atoms with Crippen molar-refractivity contribution in [2.24, 2.45) is 0 Å². The van der Waals surface area contributed by atoms with Crippen molar-refractivity contribution in [3.05, 3.63) is 24.0 Å². The molecule has 1 saturated carbocycles. The predicted octanol–water partition coefficient (Wildman–Crippen LogP) is 1.44. The number of nitrogens with zero attached hydrogens (tertiary/aromatic N) is 1. The quantitative estimate of drug-likeness (QED) is 0.633. The third-order valence-electron chi connectivity index (χ3n) is 1.76. The molecule has 0 amide bonds. The number of carbonyl (C=O) groups excluding carboxylic acids is 1. The van der Waals surface area contributed by atoms with Crippen molar-refractivity contribution in [3.8, 4) is 5.75 Å². The van der Waals surface area contributed by atoms with Gasteiger partial charge in [-0.2, -0.15) is 0 Å². The van der Waals surface area contributed by atoms with Crippen LogP contribution >= 0.6 is 0 Å². The summed E-state index contributed by atoms with van der Waals surface area (Å²) in [6, 6.07) is 1.72. The number of carbonyl (C=O) groups is 1. The van der Waals surface area contributed by atoms with Crippen molar-refractivity contribution in [3.63, 3.8) is 0 Å². The zero-order chi connectivity index (χ0) is 8.39. The highest BCUT2D eigenvalue weighted by Crippen LogP contribution is 2.27. The minimum Gasteiger partial charge on any atom is -0.490 e. The second kappa shape index (κ2) is 2.93. The molecule has 0 unspecified atom stereocenters. The summed E-state index contributed by atoms with van der Waals surface area (Å²) >= 11 is 0. The van der Waals surface area contributed by atoms with Crippen molar-refractivity contribution >= 4 is 6.29 Å². The zero-order valence-corrected chi connectivity index (χ0v) is 6.56. The van der Waals surface area contributed by atoms with Gasteiger partial charge in [-0.3, -0.25) is 9.78 Å². The molecular formula is C9H9NO2. The van der Waals surface area contributed by atoms with Crippen LogP contribution in [0.3, 0.4) is 0 Å². The van der Waals surface area contributed by atoms with Gasteiger partial charge in [0.05, 0.1) is 11.7 Å². The van der Waals surface area contributed by atoms with Gasteiger partial charge < -0.3 is 4.74 Å². The van der Waals surface area contributed by atoms with E-state index in [9.17, 15) is 4.79 Å². The topological polar surface area (TPSA) is 39.2 Å². The molecule has 1 heterocycles. The number of rotatable bonds is 3. The van der Waals surface area contributed by atoms with Crippen molar-refractivity contribution in [2.45, 2.75) is 18.9 Å². The molecular weight excluding hydrogens is 154 g/mol. The number of ether oxygens (including phenoxy) is 1. The molecule has 0 atom stereocenters. The van der Waals surface area contributed by atoms with Gasteiger partial charge in [0.2, 0.25) is 0 Å². The van der Waals surface area contributed by atoms with Crippen molar-refractivity contribution in [1.82, 2.24) is 4.98 Å². The molecule has 3 heteroatoms. The van der Waals surface area contributed by atoms with Crippen LogP contribution in [0.5, 0.6) is 5.75 Å². The summed E-state index contributed by atoms with van der Waals surface area (Å²) in [6.45, 7) is 0. The van der Waals surface area contributed by atoms with Crippen molar-refractivity contribution in [2.75, 3.05) is 0 Å². The maximum Gasteiger partial charge on any atom is 0.155 e. The largest absolute Gasteiger partial charge is 0.490 e. The summed E-state index contributed by atoms with van der Waals surface area (Å²) in [5.74, 6) is 0.655. The Morgan fingerprint density at radius 3 is 3.08 bits per heavy atom. The minimum atomic E-state index is 0.325. The van der Waals surface area contributed by atoms with Gasteiger partial charge in [-0.1, -0.05) is 0 Å². The minimum absolute atomic E-state index is 0.325. The van der Waals surface area contributed by atoms with Crippen LogP contribution in [0.1, 0.15) is 23.2 Å². The van der Waals surface area contributed by atoms with Gasteiger partial charge in [0.1, 0.15) is 5.75 Å². The average molecular weight is 163 g/mol. The van der Waals surface area contributed by atoms with E-state index in [1.165, 1.54) is 6.20 Å². The number of aromatic nitrogens is 1. The first-order valence-corrected chi connectivity index (χ1v) is 3.96. The van der Waals surface area contributed by atoms with E-state index < -0.39 is 0 Å². The normalized spacial score (nSPS) is 15.7. The summed E-state index contributed by atoms with van der Waals surface area (Å²) in [6.07, 6.45) is 6.44. The fourth-order valence-corrected chi connectivity index (χ4v) is 0.955. The van der Waals surface area contributed by atoms with E-state index in [0.29, 0.717) is 17.4 Å². The first-order chi connectivity index (χ1) is 5.90. The molecule has 1 fully saturated rings. The van der Waals surface area contributed by atoms with Crippen LogP contribution in [-0.2, 0) is 0 Å². The fraction of sp³-hybridized carbons (Fsp3) is 0.333. The predicted molar refractivity (Wildman–Crippen MR) is 43.3 cm³/mol. The highest BCUT2D eigenvalue weighted by molar-refractivity contribution is 5.78. The Kier molecular flexibility index (Phi) is 1.78. The second-order valence-electron chi connectivity index (χ2n) is 2.85. The van der Waals surface area contributed by atoms with Gasteiger partial charge in [0, 0.05) is 12.4 Å². The van der Waals surface area contributed by atoms with Crippen molar-refractivity contribution < 1.29 is 9.53 Å². The molecule has 1 aliphatic carbocycles. The second-order valence-corrected chi connectivity index (χ2v) is 2.85. The Morgan fingerprint density at radius 1 is 1.58 bits per heavy atom. The van der Waals surface area contributed by atoms with Gasteiger partial charge >= 0.3 is 0 Å². The zero-order valence-electron chi connectivity index (χ0n) is 6.56. The van der Waals surface area contributed by atoms with Gasteiger partial charge in [0.25, 0.3) is 0 Å². The standard InChI is InChI=1S/C9H9NO2/c11-6-7-5-10-4-3-9(7)12-8-1-2-8/h3-6,8H,1-2H2. The Hall–Kier alpha value is -1.38. The van der Waals surface area contributed by atoms with E-state index in [2.05, 4.69) is 4.98 Å². The third kappa shape index (κ3) is 1.44. The van der Waals surface area contributed by atoms with E-state index in [1.807, 2.05) is 0 Å². The SMILES string of the molecule is O=Cc1cnccc1OC1CC1. The average Bonchev–Trinajstić information content (AvgIpc) is 2.89. The van der Waals surface area contributed by atoms with Crippen LogP contribution in [0.15, 0.2) is 18.5 Å². The first-order valence-electron chi connectivity index (χ1n) is 3.96. The molecule has 62 valence electrons. The monoisotopic (exact) mass is 163 g/mol. The number of aldehydes is 1. The Balaban J connectivity index is 2.20. The maximum absolute atomic E-state index is 10.5. The molecule has 2 rings (SSSR count). The Labute approximate surface area is 70.4 Å². The number of hydrogen-bond donors (Lipinski definition) is 0. The van der Waals surface area contributed by atoms with Gasteiger partial charge in [-0.05, 0) is 18.9 Å². The first kappa shape index (κ1) is 7.28. The number of pyridine rings is 1. The molecule has 1 aromatic heterocycles. The molecule has 1 aromatic rings. The van der Waals surface area contributed by atoms with Crippen LogP contribution in [-0.4, -0.2) is 17.4 Å². The molecule has 0 N–H and O–H groups in total. The van der Waals surface area contributed by atoms with E-state index >= 15 is 0 Å². The van der Waals surface area contributed by atoms with Crippen molar-refractivity contribution in [1.29, 1.82) is 0 Å². The molecule has 0 radical (unpaired) electrons. The molecule has 12 heavy (non-hydrogen) atoms. The third-order valence-corrected chi connectivity index (χ3v) is 1.76. The summed E-state index contributed by atoms with van der Waals surface area (Å²) < 4.78 is 5.48. The van der Waals surface area contributed by atoms with E-state index in [4.69, 9.17) is 4.74 Å². The molecule has 0 aromatic carbocycles. The van der Waals surface area contributed by atoms with Crippen LogP contribution in [0, 0.1) is 0 Å². The Bertz CT molecular complexity index is 294. The lowest BCUT2D eigenvalue weighted by molar-refractivity contribution is 0.111. The smallest absolute Gasteiger partial charge is 0.155 e. The summed E-state index contributed by atoms with van der Waals surface area (Å²) in [5, 5.41) is 0. The molecule has 0 bridgehead atoms. The van der Waals surface area contributed by atoms with Crippen LogP contribution in [0.25, 0.3) is 0 Å². The lowest BCUT2D eigenvalue weighted by Gasteiger charge is -2.04. The molecule has 1 aliphatic rings. The molecule has 0 aliphatic heterocycles. The van der Waals surface area contributed by atoms with E-state index in [0.717, 1.165) is 19.1 Å². The fourth-order valence-electron chi connectivity index (χ4n) is 0.955. The Morgan fingerprint density at radius 2 is 2.42 bits per heavy atom. The lowest BCUT2D eigenvalue weighted by atomic mass is 10.3. The van der Waals surface area contributed by atoms with E-state index in [-0.39, 0.29) is 0 Å². The summed E-state index contributed by atoms with van der Waals surface area (Å²) in [7, 11) is 0. The van der Waals surface area contributed by atoms with Gasteiger partial charge in [-0.15, -0.1) is 0 Å².